The summed E-state index contributed by atoms with van der Waals surface area (Å²) in [7, 11) is 0. The van der Waals surface area contributed by atoms with E-state index in [1.807, 2.05) is 13.0 Å². The summed E-state index contributed by atoms with van der Waals surface area (Å²) >= 11 is 9.13. The number of halogens is 2. The molecule has 2 rings (SSSR count). The van der Waals surface area contributed by atoms with Gasteiger partial charge in [-0.15, -0.1) is 0 Å². The van der Waals surface area contributed by atoms with Crippen LogP contribution >= 0.6 is 27.5 Å². The maximum absolute atomic E-state index is 11.9. The van der Waals surface area contributed by atoms with E-state index in [4.69, 9.17) is 16.3 Å². The number of carbonyl (C=O) groups excluding carboxylic acids is 3. The number of carbonyl (C=O) groups is 3. The Bertz CT molecular complexity index is 898. The van der Waals surface area contributed by atoms with E-state index < -0.39 is 18.5 Å². The van der Waals surface area contributed by atoms with Crippen molar-refractivity contribution in [2.75, 3.05) is 18.5 Å². The highest BCUT2D eigenvalue weighted by Crippen LogP contribution is 2.19. The monoisotopic (exact) mass is 464 g/mol. The Labute approximate surface area is 176 Å². The molecule has 0 aliphatic heterocycles. The maximum atomic E-state index is 11.9. The summed E-state index contributed by atoms with van der Waals surface area (Å²) in [5.74, 6) is -1.62. The Hall–Kier alpha value is -2.64. The van der Waals surface area contributed by atoms with Crippen molar-refractivity contribution >= 4 is 57.1 Å². The van der Waals surface area contributed by atoms with E-state index >= 15 is 0 Å². The molecule has 0 unspecified atom stereocenters. The molecular formula is C20H18BrClN2O4. The molecule has 6 nitrogen and oxygen atoms in total. The zero-order valence-corrected chi connectivity index (χ0v) is 17.3. The van der Waals surface area contributed by atoms with Crippen LogP contribution in [0.4, 0.5) is 5.69 Å². The second-order valence-corrected chi connectivity index (χ2v) is 7.13. The SMILES string of the molecule is Cc1cc(Br)ccc1NC(=O)CNC(=O)COC(=O)/C=C/c1ccc(Cl)cc1. The van der Waals surface area contributed by atoms with Gasteiger partial charge >= 0.3 is 5.97 Å². The largest absolute Gasteiger partial charge is 0.452 e. The Morgan fingerprint density at radius 3 is 2.50 bits per heavy atom. The van der Waals surface area contributed by atoms with Crippen LogP contribution in [0.5, 0.6) is 0 Å². The van der Waals surface area contributed by atoms with Gasteiger partial charge in [-0.05, 0) is 54.5 Å². The normalized spacial score (nSPS) is 10.5. The zero-order chi connectivity index (χ0) is 20.5. The summed E-state index contributed by atoms with van der Waals surface area (Å²) in [6, 6.07) is 12.3. The van der Waals surface area contributed by atoms with Gasteiger partial charge in [0, 0.05) is 21.3 Å². The van der Waals surface area contributed by atoms with Crippen molar-refractivity contribution in [3.63, 3.8) is 0 Å². The van der Waals surface area contributed by atoms with Gasteiger partial charge in [-0.25, -0.2) is 4.79 Å². The Morgan fingerprint density at radius 1 is 1.11 bits per heavy atom. The molecule has 0 fully saturated rings. The summed E-state index contributed by atoms with van der Waals surface area (Å²) < 4.78 is 5.74. The summed E-state index contributed by atoms with van der Waals surface area (Å²) in [6.45, 7) is 1.15. The average molecular weight is 466 g/mol. The van der Waals surface area contributed by atoms with Gasteiger partial charge in [0.15, 0.2) is 6.61 Å². The fourth-order valence-corrected chi connectivity index (χ4v) is 2.72. The quantitative estimate of drug-likeness (QED) is 0.482. The van der Waals surface area contributed by atoms with Gasteiger partial charge in [0.05, 0.1) is 6.54 Å². The van der Waals surface area contributed by atoms with Gasteiger partial charge in [0.2, 0.25) is 5.91 Å². The van der Waals surface area contributed by atoms with Gasteiger partial charge in [0.25, 0.3) is 5.91 Å². The van der Waals surface area contributed by atoms with Crippen molar-refractivity contribution in [3.8, 4) is 0 Å². The molecule has 0 heterocycles. The molecule has 2 aromatic rings. The summed E-state index contributed by atoms with van der Waals surface area (Å²) in [5, 5.41) is 5.68. The van der Waals surface area contributed by atoms with E-state index in [-0.39, 0.29) is 12.5 Å². The molecular weight excluding hydrogens is 448 g/mol. The standard InChI is InChI=1S/C20H18BrClN2O4/c1-13-10-15(21)5-8-17(13)24-18(25)11-23-19(26)12-28-20(27)9-4-14-2-6-16(22)7-3-14/h2-10H,11-12H2,1H3,(H,23,26)(H,24,25)/b9-4+. The minimum absolute atomic E-state index is 0.230. The van der Waals surface area contributed by atoms with Crippen molar-refractivity contribution in [2.24, 2.45) is 0 Å². The van der Waals surface area contributed by atoms with Crippen LogP contribution in [0.2, 0.25) is 5.02 Å². The summed E-state index contributed by atoms with van der Waals surface area (Å²) in [4.78, 5) is 35.3. The molecule has 2 N–H and O–H groups in total. The lowest BCUT2D eigenvalue weighted by molar-refractivity contribution is -0.143. The Morgan fingerprint density at radius 2 is 1.82 bits per heavy atom. The number of hydrogen-bond acceptors (Lipinski definition) is 4. The fourth-order valence-electron chi connectivity index (χ4n) is 2.11. The molecule has 0 aliphatic carbocycles. The second-order valence-electron chi connectivity index (χ2n) is 5.78. The van der Waals surface area contributed by atoms with Crippen LogP contribution in [0, 0.1) is 6.92 Å². The lowest BCUT2D eigenvalue weighted by Crippen LogP contribution is -2.35. The van der Waals surface area contributed by atoms with Crippen molar-refractivity contribution in [1.29, 1.82) is 0 Å². The van der Waals surface area contributed by atoms with Gasteiger partial charge in [0.1, 0.15) is 0 Å². The van der Waals surface area contributed by atoms with Crippen LogP contribution in [-0.4, -0.2) is 30.9 Å². The number of rotatable bonds is 7. The summed E-state index contributed by atoms with van der Waals surface area (Å²) in [5.41, 5.74) is 2.31. The number of aryl methyl sites for hydroxylation is 1. The van der Waals surface area contributed by atoms with Crippen molar-refractivity contribution in [3.05, 3.63) is 69.2 Å². The number of ether oxygens (including phenoxy) is 1. The second kappa shape index (κ2) is 10.6. The van der Waals surface area contributed by atoms with Crippen molar-refractivity contribution < 1.29 is 19.1 Å². The molecule has 0 atom stereocenters. The smallest absolute Gasteiger partial charge is 0.331 e. The third-order valence-corrected chi connectivity index (χ3v) is 4.28. The molecule has 146 valence electrons. The van der Waals surface area contributed by atoms with Crippen LogP contribution in [0.1, 0.15) is 11.1 Å². The van der Waals surface area contributed by atoms with E-state index in [1.54, 1.807) is 42.5 Å². The number of anilines is 1. The first kappa shape index (κ1) is 21.7. The number of nitrogens with one attached hydrogen (secondary N) is 2. The zero-order valence-electron chi connectivity index (χ0n) is 15.0. The predicted molar refractivity (Wildman–Crippen MR) is 112 cm³/mol. The molecule has 0 saturated heterocycles. The number of amides is 2. The average Bonchev–Trinajstić information content (AvgIpc) is 2.66. The highest BCUT2D eigenvalue weighted by Gasteiger charge is 2.09. The van der Waals surface area contributed by atoms with Gasteiger partial charge in [-0.3, -0.25) is 9.59 Å². The van der Waals surface area contributed by atoms with Crippen molar-refractivity contribution in [2.45, 2.75) is 6.92 Å². The molecule has 0 aromatic heterocycles. The highest BCUT2D eigenvalue weighted by molar-refractivity contribution is 9.10. The minimum atomic E-state index is -0.667. The van der Waals surface area contributed by atoms with Crippen molar-refractivity contribution in [1.82, 2.24) is 5.32 Å². The molecule has 0 bridgehead atoms. The Kier molecular flexibility index (Phi) is 8.22. The number of hydrogen-bond donors (Lipinski definition) is 2. The van der Waals surface area contributed by atoms with E-state index in [9.17, 15) is 14.4 Å². The molecule has 28 heavy (non-hydrogen) atoms. The predicted octanol–water partition coefficient (Wildman–Crippen LogP) is 3.72. The molecule has 0 aliphatic rings. The van der Waals surface area contributed by atoms with E-state index in [0.29, 0.717) is 10.7 Å². The van der Waals surface area contributed by atoms with Crippen LogP contribution < -0.4 is 10.6 Å². The van der Waals surface area contributed by atoms with E-state index in [2.05, 4.69) is 26.6 Å². The first-order chi connectivity index (χ1) is 13.3. The Balaban J connectivity index is 1.70. The number of benzene rings is 2. The summed E-state index contributed by atoms with van der Waals surface area (Å²) in [6.07, 6.45) is 2.75. The molecule has 2 amide bonds. The fraction of sp³-hybridized carbons (Fsp3) is 0.150. The molecule has 0 radical (unpaired) electrons. The van der Waals surface area contributed by atoms with Gasteiger partial charge in [-0.1, -0.05) is 39.7 Å². The number of esters is 1. The molecule has 0 saturated carbocycles. The first-order valence-corrected chi connectivity index (χ1v) is 9.43. The van der Waals surface area contributed by atoms with Crippen LogP contribution in [0.25, 0.3) is 6.08 Å². The van der Waals surface area contributed by atoms with Crippen LogP contribution in [0.3, 0.4) is 0 Å². The maximum Gasteiger partial charge on any atom is 0.331 e. The lowest BCUT2D eigenvalue weighted by Gasteiger charge is -2.09. The minimum Gasteiger partial charge on any atom is -0.452 e. The van der Waals surface area contributed by atoms with Crippen LogP contribution in [-0.2, 0) is 19.1 Å². The van der Waals surface area contributed by atoms with Gasteiger partial charge in [-0.2, -0.15) is 0 Å². The molecule has 2 aromatic carbocycles. The first-order valence-electron chi connectivity index (χ1n) is 8.26. The molecule has 8 heteroatoms. The van der Waals surface area contributed by atoms with E-state index in [1.165, 1.54) is 6.08 Å². The third kappa shape index (κ3) is 7.54. The third-order valence-electron chi connectivity index (χ3n) is 3.54. The highest BCUT2D eigenvalue weighted by atomic mass is 79.9. The lowest BCUT2D eigenvalue weighted by atomic mass is 10.2. The van der Waals surface area contributed by atoms with E-state index in [0.717, 1.165) is 15.6 Å². The topological polar surface area (TPSA) is 84.5 Å². The van der Waals surface area contributed by atoms with Crippen LogP contribution in [0.15, 0.2) is 53.0 Å². The van der Waals surface area contributed by atoms with Gasteiger partial charge < -0.3 is 15.4 Å². The molecule has 0 spiro atoms.